The highest BCUT2D eigenvalue weighted by molar-refractivity contribution is 5.94. The summed E-state index contributed by atoms with van der Waals surface area (Å²) >= 11 is 0. The van der Waals surface area contributed by atoms with Crippen LogP contribution in [0.25, 0.3) is 0 Å². The van der Waals surface area contributed by atoms with Gasteiger partial charge in [-0.3, -0.25) is 4.79 Å². The zero-order valence-corrected chi connectivity index (χ0v) is 14.9. The van der Waals surface area contributed by atoms with Crippen LogP contribution < -0.4 is 5.32 Å². The van der Waals surface area contributed by atoms with E-state index in [1.165, 1.54) is 5.56 Å². The van der Waals surface area contributed by atoms with E-state index in [1.54, 1.807) is 13.8 Å². The molecule has 5 heteroatoms. The van der Waals surface area contributed by atoms with Gasteiger partial charge in [-0.25, -0.2) is 9.97 Å². The molecule has 3 rings (SSSR count). The number of amides is 1. The number of hydrogen-bond donors (Lipinski definition) is 2. The van der Waals surface area contributed by atoms with Crippen LogP contribution >= 0.6 is 0 Å². The van der Waals surface area contributed by atoms with E-state index in [0.29, 0.717) is 24.4 Å². The number of aryl methyl sites for hydroxylation is 3. The third kappa shape index (κ3) is 4.86. The lowest BCUT2D eigenvalue weighted by atomic mass is 9.98. The summed E-state index contributed by atoms with van der Waals surface area (Å²) < 4.78 is 0. The summed E-state index contributed by atoms with van der Waals surface area (Å²) in [5.74, 6) is 0.536. The summed E-state index contributed by atoms with van der Waals surface area (Å²) in [7, 11) is 0. The second-order valence-electron chi connectivity index (χ2n) is 7.30. The second kappa shape index (κ2) is 7.31. The molecule has 1 heterocycles. The monoisotopic (exact) mass is 339 g/mol. The molecular weight excluding hydrogens is 314 g/mol. The number of nitrogens with zero attached hydrogens (tertiary/aromatic N) is 2. The van der Waals surface area contributed by atoms with Gasteiger partial charge in [-0.05, 0) is 69.2 Å². The summed E-state index contributed by atoms with van der Waals surface area (Å²) in [6, 6.07) is 7.51. The van der Waals surface area contributed by atoms with E-state index < -0.39 is 5.60 Å². The first-order chi connectivity index (χ1) is 11.9. The van der Waals surface area contributed by atoms with Crippen LogP contribution in [0, 0.1) is 0 Å². The standard InChI is InChI=1S/C20H25N3O2/c1-20(2,25)11-10-14-6-8-15(9-7-14)19(24)22-13-18-21-12-16-4-3-5-17(16)23-18/h6-9,12,25H,3-5,10-11,13H2,1-2H3,(H,22,24). The average molecular weight is 339 g/mol. The van der Waals surface area contributed by atoms with Gasteiger partial charge in [-0.2, -0.15) is 0 Å². The summed E-state index contributed by atoms with van der Waals surface area (Å²) in [6.45, 7) is 3.94. The molecule has 2 N–H and O–H groups in total. The van der Waals surface area contributed by atoms with Crippen LogP contribution in [0.5, 0.6) is 0 Å². The first kappa shape index (κ1) is 17.5. The van der Waals surface area contributed by atoms with Gasteiger partial charge in [0.25, 0.3) is 5.91 Å². The second-order valence-corrected chi connectivity index (χ2v) is 7.30. The Morgan fingerprint density at radius 2 is 2.00 bits per heavy atom. The van der Waals surface area contributed by atoms with Gasteiger partial charge < -0.3 is 10.4 Å². The molecule has 0 bridgehead atoms. The van der Waals surface area contributed by atoms with Crippen molar-refractivity contribution in [1.82, 2.24) is 15.3 Å². The van der Waals surface area contributed by atoms with Crippen molar-refractivity contribution in [2.24, 2.45) is 0 Å². The molecule has 1 aliphatic carbocycles. The number of aromatic nitrogens is 2. The molecule has 1 aliphatic rings. The molecule has 0 spiro atoms. The fraction of sp³-hybridized carbons (Fsp3) is 0.450. The minimum absolute atomic E-state index is 0.127. The number of carbonyl (C=O) groups is 1. The van der Waals surface area contributed by atoms with Crippen LogP contribution in [-0.2, 0) is 25.8 Å². The highest BCUT2D eigenvalue weighted by Gasteiger charge is 2.14. The topological polar surface area (TPSA) is 75.1 Å². The maximum atomic E-state index is 12.3. The van der Waals surface area contributed by atoms with E-state index in [1.807, 2.05) is 30.5 Å². The molecule has 132 valence electrons. The molecule has 1 amide bonds. The van der Waals surface area contributed by atoms with Crippen molar-refractivity contribution < 1.29 is 9.90 Å². The lowest BCUT2D eigenvalue weighted by molar-refractivity contribution is 0.0713. The zero-order valence-electron chi connectivity index (χ0n) is 14.9. The average Bonchev–Trinajstić information content (AvgIpc) is 3.05. The van der Waals surface area contributed by atoms with Gasteiger partial charge in [-0.15, -0.1) is 0 Å². The van der Waals surface area contributed by atoms with E-state index in [2.05, 4.69) is 15.3 Å². The van der Waals surface area contributed by atoms with E-state index >= 15 is 0 Å². The minimum atomic E-state index is -0.675. The van der Waals surface area contributed by atoms with Gasteiger partial charge >= 0.3 is 0 Å². The van der Waals surface area contributed by atoms with Crippen LogP contribution in [0.2, 0.25) is 0 Å². The minimum Gasteiger partial charge on any atom is -0.390 e. The Kier molecular flexibility index (Phi) is 5.13. The number of hydrogen-bond acceptors (Lipinski definition) is 4. The molecule has 0 unspecified atom stereocenters. The molecule has 0 atom stereocenters. The van der Waals surface area contributed by atoms with Crippen LogP contribution in [0.3, 0.4) is 0 Å². The third-order valence-electron chi connectivity index (χ3n) is 4.51. The molecule has 1 aromatic carbocycles. The van der Waals surface area contributed by atoms with Gasteiger partial charge in [0.05, 0.1) is 12.1 Å². The molecule has 0 radical (unpaired) electrons. The van der Waals surface area contributed by atoms with Crippen LogP contribution in [0.15, 0.2) is 30.5 Å². The highest BCUT2D eigenvalue weighted by Crippen LogP contribution is 2.18. The summed E-state index contributed by atoms with van der Waals surface area (Å²) in [5.41, 5.74) is 3.41. The van der Waals surface area contributed by atoms with Crippen molar-refractivity contribution in [1.29, 1.82) is 0 Å². The van der Waals surface area contributed by atoms with E-state index in [0.717, 1.165) is 36.9 Å². The number of rotatable bonds is 6. The van der Waals surface area contributed by atoms with Gasteiger partial charge in [0.15, 0.2) is 0 Å². The number of carbonyl (C=O) groups excluding carboxylic acids is 1. The Hall–Kier alpha value is -2.27. The molecule has 2 aromatic rings. The van der Waals surface area contributed by atoms with Crippen molar-refractivity contribution in [2.45, 2.75) is 58.1 Å². The van der Waals surface area contributed by atoms with Gasteiger partial charge in [-0.1, -0.05) is 12.1 Å². The van der Waals surface area contributed by atoms with Crippen molar-refractivity contribution in [2.75, 3.05) is 0 Å². The predicted octanol–water partition coefficient (Wildman–Crippen LogP) is 2.60. The Morgan fingerprint density at radius 1 is 1.24 bits per heavy atom. The predicted molar refractivity (Wildman–Crippen MR) is 96.3 cm³/mol. The summed E-state index contributed by atoms with van der Waals surface area (Å²) in [4.78, 5) is 21.1. The molecule has 25 heavy (non-hydrogen) atoms. The van der Waals surface area contributed by atoms with E-state index in [9.17, 15) is 9.90 Å². The van der Waals surface area contributed by atoms with Gasteiger partial charge in [0.1, 0.15) is 5.82 Å². The molecule has 0 saturated heterocycles. The molecule has 5 nitrogen and oxygen atoms in total. The maximum Gasteiger partial charge on any atom is 0.251 e. The normalized spacial score (nSPS) is 13.6. The maximum absolute atomic E-state index is 12.3. The lowest BCUT2D eigenvalue weighted by Gasteiger charge is -2.16. The fourth-order valence-corrected chi connectivity index (χ4v) is 2.97. The number of nitrogens with one attached hydrogen (secondary N) is 1. The largest absolute Gasteiger partial charge is 0.390 e. The van der Waals surface area contributed by atoms with Crippen LogP contribution in [0.1, 0.15) is 59.7 Å². The Bertz CT molecular complexity index is 749. The molecule has 1 aromatic heterocycles. The van der Waals surface area contributed by atoms with Crippen molar-refractivity contribution in [3.8, 4) is 0 Å². The summed E-state index contributed by atoms with van der Waals surface area (Å²) in [6.07, 6.45) is 6.56. The van der Waals surface area contributed by atoms with Gasteiger partial charge in [0, 0.05) is 17.5 Å². The van der Waals surface area contributed by atoms with Crippen LogP contribution in [-0.4, -0.2) is 26.6 Å². The molecule has 0 fully saturated rings. The number of benzene rings is 1. The van der Waals surface area contributed by atoms with Gasteiger partial charge in [0.2, 0.25) is 0 Å². The fourth-order valence-electron chi connectivity index (χ4n) is 2.97. The Labute approximate surface area is 148 Å². The van der Waals surface area contributed by atoms with Crippen molar-refractivity contribution in [3.05, 3.63) is 58.7 Å². The first-order valence-corrected chi connectivity index (χ1v) is 8.84. The Balaban J connectivity index is 1.54. The van der Waals surface area contributed by atoms with Crippen molar-refractivity contribution in [3.63, 3.8) is 0 Å². The SMILES string of the molecule is CC(C)(O)CCc1ccc(C(=O)NCc2ncc3c(n2)CCC3)cc1. The Morgan fingerprint density at radius 3 is 2.72 bits per heavy atom. The first-order valence-electron chi connectivity index (χ1n) is 8.84. The number of fused-ring (bicyclic) bond motifs is 1. The quantitative estimate of drug-likeness (QED) is 0.848. The molecule has 0 saturated carbocycles. The lowest BCUT2D eigenvalue weighted by Crippen LogP contribution is -2.24. The molecule has 0 aliphatic heterocycles. The smallest absolute Gasteiger partial charge is 0.251 e. The van der Waals surface area contributed by atoms with Crippen molar-refractivity contribution >= 4 is 5.91 Å². The van der Waals surface area contributed by atoms with E-state index in [4.69, 9.17) is 0 Å². The third-order valence-corrected chi connectivity index (χ3v) is 4.51. The summed E-state index contributed by atoms with van der Waals surface area (Å²) in [5, 5.41) is 12.7. The zero-order chi connectivity index (χ0) is 17.9. The van der Waals surface area contributed by atoms with E-state index in [-0.39, 0.29) is 5.91 Å². The molecular formula is C20H25N3O2. The number of aliphatic hydroxyl groups is 1. The van der Waals surface area contributed by atoms with Crippen LogP contribution in [0.4, 0.5) is 0 Å². The highest BCUT2D eigenvalue weighted by atomic mass is 16.3.